The van der Waals surface area contributed by atoms with Crippen molar-refractivity contribution in [1.29, 1.82) is 0 Å². The Bertz CT molecular complexity index is 806. The van der Waals surface area contributed by atoms with E-state index in [-0.39, 0.29) is 24.0 Å². The van der Waals surface area contributed by atoms with Crippen LogP contribution in [0.25, 0.3) is 0 Å². The fraction of sp³-hybridized carbons (Fsp3) is 0.464. The van der Waals surface area contributed by atoms with Crippen LogP contribution in [0.1, 0.15) is 43.7 Å². The topological polar surface area (TPSA) is 56.8 Å². The van der Waals surface area contributed by atoms with E-state index in [2.05, 4.69) is 18.8 Å². The smallest absolute Gasteiger partial charge is 0.323 e. The maximum absolute atomic E-state index is 12.9. The maximum Gasteiger partial charge on any atom is 0.323 e. The number of allylic oxidation sites excluding steroid dienone is 1. The summed E-state index contributed by atoms with van der Waals surface area (Å²) in [5.74, 6) is 0.937. The zero-order valence-electron chi connectivity index (χ0n) is 20.3. The molecule has 0 fully saturated rings. The van der Waals surface area contributed by atoms with Gasteiger partial charge >= 0.3 is 5.97 Å². The van der Waals surface area contributed by atoms with Crippen molar-refractivity contribution >= 4 is 5.97 Å². The van der Waals surface area contributed by atoms with Gasteiger partial charge in [0, 0.05) is 6.61 Å². The highest BCUT2D eigenvalue weighted by Gasteiger charge is 2.23. The first-order valence-corrected chi connectivity index (χ1v) is 11.8. The molecule has 0 saturated heterocycles. The maximum atomic E-state index is 12.9. The second kappa shape index (κ2) is 15.3. The van der Waals surface area contributed by atoms with E-state index in [4.69, 9.17) is 14.2 Å². The molecule has 5 heteroatoms. The summed E-state index contributed by atoms with van der Waals surface area (Å²) >= 11 is 0. The molecule has 2 aromatic carbocycles. The summed E-state index contributed by atoms with van der Waals surface area (Å²) in [6, 6.07) is 17.5. The molecule has 0 aliphatic carbocycles. The van der Waals surface area contributed by atoms with Gasteiger partial charge in [-0.25, -0.2) is 0 Å². The molecule has 2 rings (SSSR count). The van der Waals surface area contributed by atoms with Gasteiger partial charge in [0.2, 0.25) is 0 Å². The fourth-order valence-corrected chi connectivity index (χ4v) is 3.62. The minimum Gasteiger partial charge on any atom is -0.497 e. The first-order chi connectivity index (χ1) is 16.0. The Hall–Kier alpha value is -2.63. The summed E-state index contributed by atoms with van der Waals surface area (Å²) in [6.45, 7) is 7.24. The number of hydrogen-bond donors (Lipinski definition) is 1. The minimum atomic E-state index is -0.359. The van der Waals surface area contributed by atoms with Crippen LogP contribution in [-0.2, 0) is 27.3 Å². The van der Waals surface area contributed by atoms with Crippen molar-refractivity contribution in [2.45, 2.75) is 57.8 Å². The van der Waals surface area contributed by atoms with Gasteiger partial charge in [0.15, 0.2) is 0 Å². The predicted molar refractivity (Wildman–Crippen MR) is 133 cm³/mol. The van der Waals surface area contributed by atoms with Gasteiger partial charge in [-0.05, 0) is 68.3 Å². The first-order valence-electron chi connectivity index (χ1n) is 11.8. The van der Waals surface area contributed by atoms with Crippen molar-refractivity contribution in [2.24, 2.45) is 5.92 Å². The van der Waals surface area contributed by atoms with Crippen LogP contribution < -0.4 is 10.1 Å². The molecular weight excluding hydrogens is 414 g/mol. The molecule has 2 aromatic rings. The van der Waals surface area contributed by atoms with Crippen LogP contribution in [-0.4, -0.2) is 38.9 Å². The van der Waals surface area contributed by atoms with Crippen LogP contribution in [0.15, 0.2) is 67.3 Å². The molecule has 0 aliphatic rings. The van der Waals surface area contributed by atoms with Gasteiger partial charge in [-0.1, -0.05) is 55.5 Å². The zero-order chi connectivity index (χ0) is 23.9. The number of unbranched alkanes of at least 4 members (excludes halogenated alkanes) is 1. The second-order valence-corrected chi connectivity index (χ2v) is 8.44. The van der Waals surface area contributed by atoms with Gasteiger partial charge < -0.3 is 19.5 Å². The normalized spacial score (nSPS) is 13.7. The second-order valence-electron chi connectivity index (χ2n) is 8.44. The van der Waals surface area contributed by atoms with Gasteiger partial charge in [0.05, 0.1) is 13.7 Å². The summed E-state index contributed by atoms with van der Waals surface area (Å²) in [4.78, 5) is 12.9. The van der Waals surface area contributed by atoms with E-state index in [9.17, 15) is 4.79 Å². The quantitative estimate of drug-likeness (QED) is 0.211. The zero-order valence-corrected chi connectivity index (χ0v) is 20.3. The molecule has 1 N–H and O–H groups in total. The third-order valence-corrected chi connectivity index (χ3v) is 5.73. The van der Waals surface area contributed by atoms with E-state index >= 15 is 0 Å². The molecule has 0 bridgehead atoms. The lowest BCUT2D eigenvalue weighted by Gasteiger charge is -2.23. The Labute approximate surface area is 199 Å². The molecule has 3 atom stereocenters. The number of likely N-dealkylation sites (N-methyl/N-ethyl adjacent to an activating group) is 1. The number of methoxy groups -OCH3 is 1. The average Bonchev–Trinajstić information content (AvgIpc) is 2.85. The van der Waals surface area contributed by atoms with Crippen LogP contribution in [0.2, 0.25) is 0 Å². The van der Waals surface area contributed by atoms with E-state index in [1.165, 1.54) is 0 Å². The van der Waals surface area contributed by atoms with Crippen LogP contribution in [0.5, 0.6) is 5.75 Å². The molecule has 180 valence electrons. The minimum absolute atomic E-state index is 0.126. The summed E-state index contributed by atoms with van der Waals surface area (Å²) < 4.78 is 16.9. The van der Waals surface area contributed by atoms with Crippen molar-refractivity contribution < 1.29 is 19.0 Å². The molecule has 0 aliphatic heterocycles. The lowest BCUT2D eigenvalue weighted by atomic mass is 9.99. The number of rotatable bonds is 16. The molecule has 0 heterocycles. The number of hydrogen-bond acceptors (Lipinski definition) is 5. The van der Waals surface area contributed by atoms with Crippen LogP contribution in [0, 0.1) is 5.92 Å². The van der Waals surface area contributed by atoms with Crippen molar-refractivity contribution in [3.05, 3.63) is 78.4 Å². The van der Waals surface area contributed by atoms with E-state index in [0.717, 1.165) is 42.6 Å². The molecule has 0 radical (unpaired) electrons. The fourth-order valence-electron chi connectivity index (χ4n) is 3.62. The summed E-state index contributed by atoms with van der Waals surface area (Å²) in [5, 5.41) is 3.11. The molecule has 0 spiro atoms. The summed E-state index contributed by atoms with van der Waals surface area (Å²) in [6.07, 6.45) is 5.86. The number of ether oxygens (including phenoxy) is 3. The molecule has 0 amide bonds. The van der Waals surface area contributed by atoms with E-state index in [1.807, 2.05) is 60.7 Å². The standard InChI is InChI=1S/C28H39NO4/c1-5-22(2)19-26(33-28(30)27(29-3)20-23-11-7-6-8-12-23)13-9-10-18-32-21-24-14-16-25(31-4)17-15-24/h5-8,11-12,14-17,22,26-27,29H,1,9-10,13,18-21H2,2-4H3/t22-,26-,27+/m1/s1. The van der Waals surface area contributed by atoms with Gasteiger partial charge in [0.1, 0.15) is 17.9 Å². The Morgan fingerprint density at radius 2 is 1.79 bits per heavy atom. The molecule has 33 heavy (non-hydrogen) atoms. The van der Waals surface area contributed by atoms with Crippen molar-refractivity contribution in [1.82, 2.24) is 5.32 Å². The van der Waals surface area contributed by atoms with Gasteiger partial charge in [-0.15, -0.1) is 6.58 Å². The highest BCUT2D eigenvalue weighted by atomic mass is 16.5. The summed E-state index contributed by atoms with van der Waals surface area (Å²) in [5.41, 5.74) is 2.23. The third-order valence-electron chi connectivity index (χ3n) is 5.73. The van der Waals surface area contributed by atoms with Crippen molar-refractivity contribution in [2.75, 3.05) is 20.8 Å². The summed E-state index contributed by atoms with van der Waals surface area (Å²) in [7, 11) is 3.46. The lowest BCUT2D eigenvalue weighted by Crippen LogP contribution is -2.39. The Kier molecular flexibility index (Phi) is 12.3. The molecule has 0 saturated carbocycles. The van der Waals surface area contributed by atoms with Gasteiger partial charge in [-0.2, -0.15) is 0 Å². The molecule has 0 aromatic heterocycles. The van der Waals surface area contributed by atoms with Crippen LogP contribution in [0.3, 0.4) is 0 Å². The number of nitrogens with one attached hydrogen (secondary N) is 1. The highest BCUT2D eigenvalue weighted by molar-refractivity contribution is 5.76. The number of carbonyl (C=O) groups is 1. The monoisotopic (exact) mass is 453 g/mol. The third kappa shape index (κ3) is 10.2. The molecular formula is C28H39NO4. The number of esters is 1. The number of benzene rings is 2. The van der Waals surface area contributed by atoms with Crippen LogP contribution in [0.4, 0.5) is 0 Å². The Balaban J connectivity index is 1.77. The number of carbonyl (C=O) groups excluding carboxylic acids is 1. The molecule has 5 nitrogen and oxygen atoms in total. The van der Waals surface area contributed by atoms with Gasteiger partial charge in [0.25, 0.3) is 0 Å². The van der Waals surface area contributed by atoms with E-state index in [0.29, 0.717) is 19.6 Å². The lowest BCUT2D eigenvalue weighted by molar-refractivity contribution is -0.152. The first kappa shape index (κ1) is 26.6. The van der Waals surface area contributed by atoms with Crippen LogP contribution >= 0.6 is 0 Å². The largest absolute Gasteiger partial charge is 0.497 e. The van der Waals surface area contributed by atoms with Gasteiger partial charge in [-0.3, -0.25) is 4.79 Å². The van der Waals surface area contributed by atoms with Crippen molar-refractivity contribution in [3.63, 3.8) is 0 Å². The molecule has 0 unspecified atom stereocenters. The predicted octanol–water partition coefficient (Wildman–Crippen LogP) is 5.34. The Morgan fingerprint density at radius 1 is 1.06 bits per heavy atom. The highest BCUT2D eigenvalue weighted by Crippen LogP contribution is 2.18. The van der Waals surface area contributed by atoms with E-state index < -0.39 is 0 Å². The Morgan fingerprint density at radius 3 is 2.42 bits per heavy atom. The SMILES string of the molecule is C=C[C@@H](C)C[C@@H](CCCCOCc1ccc(OC)cc1)OC(=O)[C@H](Cc1ccccc1)NC. The average molecular weight is 454 g/mol. The van der Waals surface area contributed by atoms with E-state index in [1.54, 1.807) is 14.2 Å². The van der Waals surface area contributed by atoms with Crippen molar-refractivity contribution in [3.8, 4) is 5.75 Å².